The Morgan fingerprint density at radius 1 is 1.53 bits per heavy atom. The Balaban J connectivity index is 2.31. The standard InChI is InChI=1S/C12H17N3O2/c1-13-11-6-10(17-8-4-5-8)9(7-14-11)12(16)15(2)3/h6-8H,4-5H2,1-3H3,(H,13,14). The summed E-state index contributed by atoms with van der Waals surface area (Å²) in [5.74, 6) is 1.23. The Labute approximate surface area is 101 Å². The van der Waals surface area contributed by atoms with E-state index in [0.717, 1.165) is 12.8 Å². The number of hydrogen-bond acceptors (Lipinski definition) is 4. The molecule has 0 spiro atoms. The average Bonchev–Trinajstić information content (AvgIpc) is 3.11. The summed E-state index contributed by atoms with van der Waals surface area (Å²) in [6, 6.07) is 1.77. The molecule has 0 unspecified atom stereocenters. The molecule has 1 amide bonds. The van der Waals surface area contributed by atoms with Crippen LogP contribution >= 0.6 is 0 Å². The third-order valence-electron chi connectivity index (χ3n) is 2.58. The van der Waals surface area contributed by atoms with Gasteiger partial charge in [-0.1, -0.05) is 0 Å². The normalized spacial score (nSPS) is 14.3. The number of ether oxygens (including phenoxy) is 1. The second-order valence-electron chi connectivity index (χ2n) is 4.33. The number of aromatic nitrogens is 1. The van der Waals surface area contributed by atoms with E-state index in [9.17, 15) is 4.79 Å². The molecule has 0 aliphatic heterocycles. The number of rotatable bonds is 4. The maximum atomic E-state index is 12.0. The highest BCUT2D eigenvalue weighted by Crippen LogP contribution is 2.30. The fraction of sp³-hybridized carbons (Fsp3) is 0.500. The summed E-state index contributed by atoms with van der Waals surface area (Å²) >= 11 is 0. The van der Waals surface area contributed by atoms with Crippen molar-refractivity contribution in [3.05, 3.63) is 17.8 Å². The van der Waals surface area contributed by atoms with E-state index in [1.54, 1.807) is 33.4 Å². The van der Waals surface area contributed by atoms with Crippen molar-refractivity contribution in [2.45, 2.75) is 18.9 Å². The van der Waals surface area contributed by atoms with Crippen LogP contribution in [0.2, 0.25) is 0 Å². The van der Waals surface area contributed by atoms with Gasteiger partial charge in [-0.25, -0.2) is 4.98 Å². The number of carbonyl (C=O) groups excluding carboxylic acids is 1. The molecule has 0 radical (unpaired) electrons. The van der Waals surface area contributed by atoms with E-state index in [-0.39, 0.29) is 12.0 Å². The first-order valence-electron chi connectivity index (χ1n) is 5.68. The molecule has 1 fully saturated rings. The average molecular weight is 235 g/mol. The highest BCUT2D eigenvalue weighted by Gasteiger charge is 2.26. The number of carbonyl (C=O) groups is 1. The van der Waals surface area contributed by atoms with Gasteiger partial charge in [0.1, 0.15) is 11.6 Å². The van der Waals surface area contributed by atoms with Crippen LogP contribution in [0.25, 0.3) is 0 Å². The number of hydrogen-bond donors (Lipinski definition) is 1. The van der Waals surface area contributed by atoms with Crippen molar-refractivity contribution in [3.8, 4) is 5.75 Å². The molecule has 1 N–H and O–H groups in total. The van der Waals surface area contributed by atoms with Crippen molar-refractivity contribution >= 4 is 11.7 Å². The van der Waals surface area contributed by atoms with E-state index in [4.69, 9.17) is 4.74 Å². The molecule has 0 bridgehead atoms. The number of nitrogens with one attached hydrogen (secondary N) is 1. The van der Waals surface area contributed by atoms with Gasteiger partial charge in [0.2, 0.25) is 0 Å². The Hall–Kier alpha value is -1.78. The van der Waals surface area contributed by atoms with E-state index in [0.29, 0.717) is 17.1 Å². The van der Waals surface area contributed by atoms with E-state index in [1.807, 2.05) is 0 Å². The lowest BCUT2D eigenvalue weighted by atomic mass is 10.2. The molecule has 5 heteroatoms. The molecule has 0 saturated heterocycles. The topological polar surface area (TPSA) is 54.5 Å². The van der Waals surface area contributed by atoms with Crippen LogP contribution in [0.1, 0.15) is 23.2 Å². The molecule has 1 aliphatic rings. The second-order valence-corrected chi connectivity index (χ2v) is 4.33. The minimum atomic E-state index is -0.0872. The van der Waals surface area contributed by atoms with E-state index < -0.39 is 0 Å². The van der Waals surface area contributed by atoms with Crippen molar-refractivity contribution in [1.29, 1.82) is 0 Å². The minimum absolute atomic E-state index is 0.0872. The largest absolute Gasteiger partial charge is 0.489 e. The summed E-state index contributed by atoms with van der Waals surface area (Å²) in [4.78, 5) is 17.6. The molecule has 5 nitrogen and oxygen atoms in total. The van der Waals surface area contributed by atoms with Crippen molar-refractivity contribution in [1.82, 2.24) is 9.88 Å². The first-order valence-corrected chi connectivity index (χ1v) is 5.68. The highest BCUT2D eigenvalue weighted by molar-refractivity contribution is 5.96. The van der Waals surface area contributed by atoms with Crippen LogP contribution in [0.3, 0.4) is 0 Å². The molecule has 0 aromatic carbocycles. The quantitative estimate of drug-likeness (QED) is 0.856. The van der Waals surface area contributed by atoms with Crippen LogP contribution in [0, 0.1) is 0 Å². The lowest BCUT2D eigenvalue weighted by molar-refractivity contribution is 0.0822. The van der Waals surface area contributed by atoms with E-state index in [2.05, 4.69) is 10.3 Å². The summed E-state index contributed by atoms with van der Waals surface area (Å²) in [5.41, 5.74) is 0.515. The van der Waals surface area contributed by atoms with Crippen molar-refractivity contribution in [2.75, 3.05) is 26.5 Å². The molecule has 17 heavy (non-hydrogen) atoms. The monoisotopic (exact) mass is 235 g/mol. The molecule has 0 atom stereocenters. The van der Waals surface area contributed by atoms with Gasteiger partial charge in [0.15, 0.2) is 0 Å². The summed E-state index contributed by atoms with van der Waals surface area (Å²) in [5, 5.41) is 2.94. The summed E-state index contributed by atoms with van der Waals surface area (Å²) in [6.07, 6.45) is 3.95. The van der Waals surface area contributed by atoms with E-state index >= 15 is 0 Å². The molecule has 1 aliphatic carbocycles. The van der Waals surface area contributed by atoms with Gasteiger partial charge in [-0.3, -0.25) is 4.79 Å². The predicted molar refractivity (Wildman–Crippen MR) is 65.5 cm³/mol. The fourth-order valence-corrected chi connectivity index (χ4v) is 1.44. The van der Waals surface area contributed by atoms with Crippen LogP contribution in [0.5, 0.6) is 5.75 Å². The van der Waals surface area contributed by atoms with Gasteiger partial charge < -0.3 is 15.0 Å². The van der Waals surface area contributed by atoms with Crippen molar-refractivity contribution < 1.29 is 9.53 Å². The molecule has 1 aromatic heterocycles. The summed E-state index contributed by atoms with van der Waals surface area (Å²) in [6.45, 7) is 0. The van der Waals surface area contributed by atoms with Gasteiger partial charge in [-0.2, -0.15) is 0 Å². The second kappa shape index (κ2) is 4.61. The van der Waals surface area contributed by atoms with Gasteiger partial charge in [-0.15, -0.1) is 0 Å². The third-order valence-corrected chi connectivity index (χ3v) is 2.58. The number of nitrogens with zero attached hydrogens (tertiary/aromatic N) is 2. The Kier molecular flexibility index (Phi) is 3.17. The summed E-state index contributed by atoms with van der Waals surface area (Å²) in [7, 11) is 5.22. The van der Waals surface area contributed by atoms with Gasteiger partial charge in [0, 0.05) is 33.4 Å². The van der Waals surface area contributed by atoms with Crippen molar-refractivity contribution in [3.63, 3.8) is 0 Å². The Bertz CT molecular complexity index is 428. The lowest BCUT2D eigenvalue weighted by Gasteiger charge is -2.15. The molecule has 92 valence electrons. The number of amides is 1. The van der Waals surface area contributed by atoms with Crippen LogP contribution in [0.4, 0.5) is 5.82 Å². The first kappa shape index (κ1) is 11.7. The third kappa shape index (κ3) is 2.67. The minimum Gasteiger partial charge on any atom is -0.489 e. The Morgan fingerprint density at radius 3 is 2.76 bits per heavy atom. The number of pyridine rings is 1. The fourth-order valence-electron chi connectivity index (χ4n) is 1.44. The molecular formula is C12H17N3O2. The SMILES string of the molecule is CNc1cc(OC2CC2)c(C(=O)N(C)C)cn1. The smallest absolute Gasteiger partial charge is 0.258 e. The first-order chi connectivity index (χ1) is 8.11. The molecule has 2 rings (SSSR count). The van der Waals surface area contributed by atoms with Gasteiger partial charge in [-0.05, 0) is 12.8 Å². The number of anilines is 1. The van der Waals surface area contributed by atoms with Crippen LogP contribution in [-0.2, 0) is 0 Å². The van der Waals surface area contributed by atoms with E-state index in [1.165, 1.54) is 4.90 Å². The van der Waals surface area contributed by atoms with Crippen LogP contribution < -0.4 is 10.1 Å². The molecular weight excluding hydrogens is 218 g/mol. The van der Waals surface area contributed by atoms with Gasteiger partial charge in [0.25, 0.3) is 5.91 Å². The zero-order chi connectivity index (χ0) is 12.4. The molecule has 1 saturated carbocycles. The maximum absolute atomic E-state index is 12.0. The molecule has 1 aromatic rings. The maximum Gasteiger partial charge on any atom is 0.258 e. The highest BCUT2D eigenvalue weighted by atomic mass is 16.5. The van der Waals surface area contributed by atoms with Gasteiger partial charge >= 0.3 is 0 Å². The Morgan fingerprint density at radius 2 is 2.24 bits per heavy atom. The zero-order valence-electron chi connectivity index (χ0n) is 10.4. The molecule has 1 heterocycles. The predicted octanol–water partition coefficient (Wildman–Crippen LogP) is 1.37. The van der Waals surface area contributed by atoms with Crippen molar-refractivity contribution in [2.24, 2.45) is 0 Å². The summed E-state index contributed by atoms with van der Waals surface area (Å²) < 4.78 is 5.74. The van der Waals surface area contributed by atoms with Gasteiger partial charge in [0.05, 0.1) is 11.7 Å². The lowest BCUT2D eigenvalue weighted by Crippen LogP contribution is -2.23. The van der Waals surface area contributed by atoms with Crippen LogP contribution in [-0.4, -0.2) is 43.0 Å². The van der Waals surface area contributed by atoms with Crippen LogP contribution in [0.15, 0.2) is 12.3 Å². The zero-order valence-corrected chi connectivity index (χ0v) is 10.4.